The SMILES string of the molecule is COC(=O)c1nc(F)cc(C(F)F)c1C#N. The highest BCUT2D eigenvalue weighted by molar-refractivity contribution is 5.90. The number of nitriles is 1. The molecule has 0 fully saturated rings. The number of pyridine rings is 1. The molecule has 0 aliphatic rings. The zero-order valence-corrected chi connectivity index (χ0v) is 8.00. The highest BCUT2D eigenvalue weighted by atomic mass is 19.3. The van der Waals surface area contributed by atoms with Crippen LogP contribution in [0.3, 0.4) is 0 Å². The van der Waals surface area contributed by atoms with Crippen molar-refractivity contribution >= 4 is 5.97 Å². The lowest BCUT2D eigenvalue weighted by atomic mass is 10.1. The van der Waals surface area contributed by atoms with Crippen LogP contribution in [0.25, 0.3) is 0 Å². The third-order valence-electron chi connectivity index (χ3n) is 1.74. The van der Waals surface area contributed by atoms with Gasteiger partial charge in [0.2, 0.25) is 5.95 Å². The monoisotopic (exact) mass is 230 g/mol. The highest BCUT2D eigenvalue weighted by Gasteiger charge is 2.23. The first kappa shape index (κ1) is 12.0. The molecule has 0 aromatic carbocycles. The van der Waals surface area contributed by atoms with E-state index in [-0.39, 0.29) is 0 Å². The number of methoxy groups -OCH3 is 1. The topological polar surface area (TPSA) is 63.0 Å². The average Bonchev–Trinajstić information content (AvgIpc) is 2.26. The lowest BCUT2D eigenvalue weighted by Crippen LogP contribution is -2.11. The minimum atomic E-state index is -3.07. The van der Waals surface area contributed by atoms with E-state index >= 15 is 0 Å². The molecule has 0 N–H and O–H groups in total. The van der Waals surface area contributed by atoms with Gasteiger partial charge in [0.05, 0.1) is 12.7 Å². The number of carbonyl (C=O) groups is 1. The summed E-state index contributed by atoms with van der Waals surface area (Å²) in [5, 5.41) is 8.63. The summed E-state index contributed by atoms with van der Waals surface area (Å²) in [5.41, 5.74) is -2.31. The summed E-state index contributed by atoms with van der Waals surface area (Å²) in [5.74, 6) is -2.41. The van der Waals surface area contributed by atoms with Gasteiger partial charge in [-0.1, -0.05) is 0 Å². The van der Waals surface area contributed by atoms with Gasteiger partial charge in [-0.05, 0) is 0 Å². The summed E-state index contributed by atoms with van der Waals surface area (Å²) in [7, 11) is 0.970. The first-order valence-electron chi connectivity index (χ1n) is 3.98. The maximum atomic E-state index is 12.8. The smallest absolute Gasteiger partial charge is 0.358 e. The average molecular weight is 230 g/mol. The Labute approximate surface area is 88.3 Å². The molecule has 1 aromatic rings. The van der Waals surface area contributed by atoms with E-state index in [0.717, 1.165) is 7.11 Å². The lowest BCUT2D eigenvalue weighted by Gasteiger charge is -2.06. The van der Waals surface area contributed by atoms with Crippen LogP contribution in [-0.4, -0.2) is 18.1 Å². The Balaban J connectivity index is 3.50. The van der Waals surface area contributed by atoms with Crippen molar-refractivity contribution in [1.29, 1.82) is 5.26 Å². The fourth-order valence-electron chi connectivity index (χ4n) is 1.07. The first-order chi connectivity index (χ1) is 7.51. The molecule has 0 bridgehead atoms. The number of rotatable bonds is 2. The minimum absolute atomic E-state index is 0.412. The number of alkyl halides is 2. The third-order valence-corrected chi connectivity index (χ3v) is 1.74. The predicted octanol–water partition coefficient (Wildman–Crippen LogP) is 1.82. The van der Waals surface area contributed by atoms with Gasteiger partial charge in [-0.3, -0.25) is 0 Å². The number of aromatic nitrogens is 1. The van der Waals surface area contributed by atoms with Gasteiger partial charge in [0, 0.05) is 11.6 Å². The molecule has 7 heteroatoms. The van der Waals surface area contributed by atoms with Gasteiger partial charge in [-0.25, -0.2) is 18.6 Å². The molecule has 0 radical (unpaired) electrons. The van der Waals surface area contributed by atoms with Crippen LogP contribution >= 0.6 is 0 Å². The van der Waals surface area contributed by atoms with Gasteiger partial charge in [0.15, 0.2) is 5.69 Å². The second-order valence-corrected chi connectivity index (χ2v) is 2.66. The van der Waals surface area contributed by atoms with Crippen molar-refractivity contribution in [3.8, 4) is 6.07 Å². The lowest BCUT2D eigenvalue weighted by molar-refractivity contribution is 0.0591. The van der Waals surface area contributed by atoms with Crippen LogP contribution in [0, 0.1) is 17.3 Å². The van der Waals surface area contributed by atoms with E-state index in [9.17, 15) is 18.0 Å². The zero-order chi connectivity index (χ0) is 12.3. The molecule has 16 heavy (non-hydrogen) atoms. The van der Waals surface area contributed by atoms with Gasteiger partial charge in [-0.2, -0.15) is 9.65 Å². The molecule has 0 saturated carbocycles. The van der Waals surface area contributed by atoms with Gasteiger partial charge >= 0.3 is 5.97 Å². The van der Waals surface area contributed by atoms with E-state index in [1.807, 2.05) is 0 Å². The summed E-state index contributed by atoms with van der Waals surface area (Å²) in [4.78, 5) is 14.1. The Bertz CT molecular complexity index is 469. The fourth-order valence-corrected chi connectivity index (χ4v) is 1.07. The Morgan fingerprint density at radius 3 is 2.69 bits per heavy atom. The van der Waals surface area contributed by atoms with Crippen molar-refractivity contribution in [2.24, 2.45) is 0 Å². The third kappa shape index (κ3) is 2.11. The number of carbonyl (C=O) groups excluding carboxylic acids is 1. The van der Waals surface area contributed by atoms with Crippen molar-refractivity contribution in [2.75, 3.05) is 7.11 Å². The van der Waals surface area contributed by atoms with E-state index in [4.69, 9.17) is 5.26 Å². The number of esters is 1. The van der Waals surface area contributed by atoms with Crippen molar-refractivity contribution in [3.63, 3.8) is 0 Å². The Morgan fingerprint density at radius 1 is 1.62 bits per heavy atom. The van der Waals surface area contributed by atoms with Crippen LogP contribution in [0.15, 0.2) is 6.07 Å². The molecule has 1 aromatic heterocycles. The molecule has 0 amide bonds. The summed E-state index contributed by atoms with van der Waals surface area (Å²) in [6, 6.07) is 1.79. The number of halogens is 3. The van der Waals surface area contributed by atoms with Crippen LogP contribution in [0.5, 0.6) is 0 Å². The van der Waals surface area contributed by atoms with Gasteiger partial charge in [-0.15, -0.1) is 0 Å². The van der Waals surface area contributed by atoms with E-state index in [2.05, 4.69) is 9.72 Å². The molecule has 84 valence electrons. The largest absolute Gasteiger partial charge is 0.464 e. The molecule has 0 aliphatic carbocycles. The van der Waals surface area contributed by atoms with Crippen LogP contribution in [0.2, 0.25) is 0 Å². The maximum absolute atomic E-state index is 12.8. The molecule has 0 saturated heterocycles. The van der Waals surface area contributed by atoms with Crippen LogP contribution < -0.4 is 0 Å². The molecule has 0 aliphatic heterocycles. The quantitative estimate of drug-likeness (QED) is 0.574. The Morgan fingerprint density at radius 2 is 2.25 bits per heavy atom. The standard InChI is InChI=1S/C9H5F3N2O2/c1-16-9(15)7-5(3-13)4(8(11)12)2-6(10)14-7/h2,8H,1H3. The van der Waals surface area contributed by atoms with Crippen LogP contribution in [0.1, 0.15) is 28.0 Å². The zero-order valence-electron chi connectivity index (χ0n) is 8.00. The van der Waals surface area contributed by atoms with Crippen LogP contribution in [0.4, 0.5) is 13.2 Å². The molecular weight excluding hydrogens is 225 g/mol. The van der Waals surface area contributed by atoms with E-state index in [1.165, 1.54) is 6.07 Å². The molecule has 0 atom stereocenters. The van der Waals surface area contributed by atoms with Crippen molar-refractivity contribution < 1.29 is 22.7 Å². The van der Waals surface area contributed by atoms with E-state index in [0.29, 0.717) is 6.07 Å². The summed E-state index contributed by atoms with van der Waals surface area (Å²) >= 11 is 0. The Hall–Kier alpha value is -2.10. The first-order valence-corrected chi connectivity index (χ1v) is 3.98. The van der Waals surface area contributed by atoms with E-state index in [1.54, 1.807) is 0 Å². The number of nitrogens with zero attached hydrogens (tertiary/aromatic N) is 2. The number of hydrogen-bond acceptors (Lipinski definition) is 4. The fraction of sp³-hybridized carbons (Fsp3) is 0.222. The molecule has 0 spiro atoms. The molecule has 1 rings (SSSR count). The van der Waals surface area contributed by atoms with Crippen LogP contribution in [-0.2, 0) is 4.74 Å². The van der Waals surface area contributed by atoms with Crippen molar-refractivity contribution in [1.82, 2.24) is 4.98 Å². The second kappa shape index (κ2) is 4.61. The summed E-state index contributed by atoms with van der Waals surface area (Å²) in [6.07, 6.45) is -3.07. The minimum Gasteiger partial charge on any atom is -0.464 e. The maximum Gasteiger partial charge on any atom is 0.358 e. The van der Waals surface area contributed by atoms with Crippen molar-refractivity contribution in [3.05, 3.63) is 28.8 Å². The summed E-state index contributed by atoms with van der Waals surface area (Å²) < 4.78 is 41.9. The number of hydrogen-bond donors (Lipinski definition) is 0. The second-order valence-electron chi connectivity index (χ2n) is 2.66. The van der Waals surface area contributed by atoms with Crippen molar-refractivity contribution in [2.45, 2.75) is 6.43 Å². The summed E-state index contributed by atoms with van der Waals surface area (Å²) in [6.45, 7) is 0. The predicted molar refractivity (Wildman–Crippen MR) is 45.2 cm³/mol. The number of ether oxygens (including phenoxy) is 1. The molecule has 0 unspecified atom stereocenters. The molecule has 1 heterocycles. The highest BCUT2D eigenvalue weighted by Crippen LogP contribution is 2.25. The molecular formula is C9H5F3N2O2. The normalized spacial score (nSPS) is 10.0. The van der Waals surface area contributed by atoms with Gasteiger partial charge in [0.25, 0.3) is 6.43 Å². The molecule has 4 nitrogen and oxygen atoms in total. The Kier molecular flexibility index (Phi) is 3.45. The van der Waals surface area contributed by atoms with Gasteiger partial charge < -0.3 is 4.74 Å². The van der Waals surface area contributed by atoms with Gasteiger partial charge in [0.1, 0.15) is 6.07 Å². The van der Waals surface area contributed by atoms with E-state index < -0.39 is 35.2 Å².